The zero-order valence-corrected chi connectivity index (χ0v) is 11.2. The lowest BCUT2D eigenvalue weighted by molar-refractivity contribution is -0.00624. The van der Waals surface area contributed by atoms with Crippen LogP contribution in [0.3, 0.4) is 0 Å². The minimum absolute atomic E-state index is 0.496. The van der Waals surface area contributed by atoms with Gasteiger partial charge in [-0.3, -0.25) is 0 Å². The number of aryl methyl sites for hydroxylation is 1. The molecule has 1 aromatic heterocycles. The van der Waals surface area contributed by atoms with Crippen molar-refractivity contribution < 1.29 is 8.78 Å². The van der Waals surface area contributed by atoms with E-state index in [4.69, 9.17) is 17.3 Å². The number of rotatable bonds is 4. The van der Waals surface area contributed by atoms with Crippen LogP contribution in [0.1, 0.15) is 5.56 Å². The quantitative estimate of drug-likeness (QED) is 0.938. The van der Waals surface area contributed by atoms with Gasteiger partial charge in [0.15, 0.2) is 0 Å². The third-order valence-corrected chi connectivity index (χ3v) is 3.29. The van der Waals surface area contributed by atoms with Crippen molar-refractivity contribution in [1.29, 1.82) is 0 Å². The molecule has 6 heteroatoms. The van der Waals surface area contributed by atoms with Gasteiger partial charge < -0.3 is 10.3 Å². The Hall–Kier alpha value is -1.46. The molecule has 102 valence electrons. The molecule has 2 N–H and O–H groups in total. The van der Waals surface area contributed by atoms with Crippen LogP contribution in [0, 0.1) is 6.92 Å². The second-order valence-corrected chi connectivity index (χ2v) is 4.84. The largest absolute Gasteiger partial charge is 0.325 e. The van der Waals surface area contributed by atoms with Crippen molar-refractivity contribution in [2.24, 2.45) is 5.73 Å². The van der Waals surface area contributed by atoms with E-state index in [1.807, 2.05) is 19.1 Å². The molecule has 0 atom stereocenters. The second-order valence-electron chi connectivity index (χ2n) is 4.43. The van der Waals surface area contributed by atoms with E-state index in [0.717, 1.165) is 11.1 Å². The minimum atomic E-state index is -2.95. The summed E-state index contributed by atoms with van der Waals surface area (Å²) in [4.78, 5) is 3.91. The predicted molar refractivity (Wildman–Crippen MR) is 71.4 cm³/mol. The molecule has 0 amide bonds. The maximum absolute atomic E-state index is 13.4. The van der Waals surface area contributed by atoms with Gasteiger partial charge >= 0.3 is 0 Å². The molecule has 0 aliphatic rings. The maximum atomic E-state index is 13.4. The van der Waals surface area contributed by atoms with Crippen LogP contribution in [0.15, 0.2) is 30.7 Å². The summed E-state index contributed by atoms with van der Waals surface area (Å²) in [5.41, 5.74) is 7.33. The fraction of sp³-hybridized carbons (Fsp3) is 0.308. The number of nitrogens with two attached hydrogens (primary N) is 1. The Morgan fingerprint density at radius 2 is 2.16 bits per heavy atom. The highest BCUT2D eigenvalue weighted by atomic mass is 35.5. The van der Waals surface area contributed by atoms with Gasteiger partial charge in [0.25, 0.3) is 5.92 Å². The minimum Gasteiger partial charge on any atom is -0.325 e. The van der Waals surface area contributed by atoms with Gasteiger partial charge in [0, 0.05) is 10.6 Å². The van der Waals surface area contributed by atoms with Gasteiger partial charge in [-0.2, -0.15) is 0 Å². The molecule has 2 rings (SSSR count). The second kappa shape index (κ2) is 5.27. The fourth-order valence-corrected chi connectivity index (χ4v) is 1.93. The van der Waals surface area contributed by atoms with Crippen LogP contribution in [-0.2, 0) is 6.54 Å². The van der Waals surface area contributed by atoms with Crippen LogP contribution in [-0.4, -0.2) is 22.0 Å². The van der Waals surface area contributed by atoms with Crippen LogP contribution in [0.4, 0.5) is 8.78 Å². The van der Waals surface area contributed by atoms with Crippen molar-refractivity contribution in [2.45, 2.75) is 19.4 Å². The molecular weight excluding hydrogens is 272 g/mol. The summed E-state index contributed by atoms with van der Waals surface area (Å²) < 4.78 is 28.1. The number of hydrogen-bond donors (Lipinski definition) is 1. The van der Waals surface area contributed by atoms with Crippen molar-refractivity contribution in [3.8, 4) is 11.3 Å². The van der Waals surface area contributed by atoms with Gasteiger partial charge in [-0.1, -0.05) is 23.7 Å². The lowest BCUT2D eigenvalue weighted by Gasteiger charge is -2.16. The Morgan fingerprint density at radius 3 is 2.79 bits per heavy atom. The first kappa shape index (κ1) is 14.0. The smallest absolute Gasteiger partial charge is 0.277 e. The van der Waals surface area contributed by atoms with Gasteiger partial charge in [-0.05, 0) is 18.6 Å². The number of halogens is 3. The predicted octanol–water partition coefficient (Wildman–Crippen LogP) is 3.11. The highest BCUT2D eigenvalue weighted by Crippen LogP contribution is 2.26. The molecule has 19 heavy (non-hydrogen) atoms. The van der Waals surface area contributed by atoms with Crippen LogP contribution in [0.25, 0.3) is 11.3 Å². The van der Waals surface area contributed by atoms with E-state index in [0.29, 0.717) is 10.7 Å². The Labute approximate surface area is 115 Å². The Morgan fingerprint density at radius 1 is 1.42 bits per heavy atom. The van der Waals surface area contributed by atoms with Crippen molar-refractivity contribution in [1.82, 2.24) is 9.55 Å². The summed E-state index contributed by atoms with van der Waals surface area (Å²) >= 11 is 6.05. The highest BCUT2D eigenvalue weighted by Gasteiger charge is 2.28. The van der Waals surface area contributed by atoms with Crippen molar-refractivity contribution in [3.63, 3.8) is 0 Å². The number of aromatic nitrogens is 2. The van der Waals surface area contributed by atoms with E-state index in [1.54, 1.807) is 6.07 Å². The number of hydrogen-bond acceptors (Lipinski definition) is 2. The summed E-state index contributed by atoms with van der Waals surface area (Å²) in [7, 11) is 0. The molecule has 0 saturated carbocycles. The molecule has 0 aliphatic carbocycles. The molecule has 2 aromatic rings. The van der Waals surface area contributed by atoms with Gasteiger partial charge in [-0.15, -0.1) is 0 Å². The average Bonchev–Trinajstić information content (AvgIpc) is 2.80. The first-order valence-corrected chi connectivity index (χ1v) is 6.15. The first-order chi connectivity index (χ1) is 8.93. The molecule has 0 unspecified atom stereocenters. The van der Waals surface area contributed by atoms with E-state index < -0.39 is 19.0 Å². The lowest BCUT2D eigenvalue weighted by atomic mass is 10.1. The number of benzene rings is 1. The summed E-state index contributed by atoms with van der Waals surface area (Å²) in [6.45, 7) is 0.690. The topological polar surface area (TPSA) is 43.8 Å². The first-order valence-electron chi connectivity index (χ1n) is 5.77. The van der Waals surface area contributed by atoms with E-state index in [1.165, 1.54) is 17.1 Å². The van der Waals surface area contributed by atoms with Crippen LogP contribution < -0.4 is 5.73 Å². The standard InChI is InChI=1S/C13H14ClF2N3/c1-9-2-3-10(4-11(9)14)12-5-18-8-19(12)7-13(15,16)6-17/h2-5,8H,6-7,17H2,1H3. The summed E-state index contributed by atoms with van der Waals surface area (Å²) in [6, 6.07) is 5.41. The third-order valence-electron chi connectivity index (χ3n) is 2.88. The molecule has 3 nitrogen and oxygen atoms in total. The third kappa shape index (κ3) is 3.11. The van der Waals surface area contributed by atoms with E-state index in [9.17, 15) is 8.78 Å². The van der Waals surface area contributed by atoms with Crippen LogP contribution in [0.2, 0.25) is 5.02 Å². The monoisotopic (exact) mass is 285 g/mol. The number of alkyl halides is 2. The van der Waals surface area contributed by atoms with Crippen molar-refractivity contribution in [3.05, 3.63) is 41.3 Å². The molecule has 0 aliphatic heterocycles. The van der Waals surface area contributed by atoms with Crippen molar-refractivity contribution >= 4 is 11.6 Å². The Balaban J connectivity index is 2.36. The molecule has 1 heterocycles. The molecule has 0 saturated heterocycles. The lowest BCUT2D eigenvalue weighted by Crippen LogP contribution is -2.32. The number of imidazole rings is 1. The summed E-state index contributed by atoms with van der Waals surface area (Å²) in [6.07, 6.45) is 2.90. The average molecular weight is 286 g/mol. The van der Waals surface area contributed by atoms with Gasteiger partial charge in [0.2, 0.25) is 0 Å². The summed E-state index contributed by atoms with van der Waals surface area (Å²) in [5.74, 6) is -2.95. The Bertz CT molecular complexity index is 581. The van der Waals surface area contributed by atoms with E-state index in [-0.39, 0.29) is 0 Å². The van der Waals surface area contributed by atoms with Gasteiger partial charge in [-0.25, -0.2) is 13.8 Å². The zero-order chi connectivity index (χ0) is 14.0. The molecule has 0 spiro atoms. The maximum Gasteiger partial charge on any atom is 0.277 e. The van der Waals surface area contributed by atoms with Crippen LogP contribution in [0.5, 0.6) is 0 Å². The van der Waals surface area contributed by atoms with Crippen LogP contribution >= 0.6 is 11.6 Å². The van der Waals surface area contributed by atoms with E-state index in [2.05, 4.69) is 4.98 Å². The molecule has 0 bridgehead atoms. The molecule has 1 aromatic carbocycles. The summed E-state index contributed by atoms with van der Waals surface area (Å²) in [5, 5.41) is 0.593. The van der Waals surface area contributed by atoms with Crippen molar-refractivity contribution in [2.75, 3.05) is 6.54 Å². The Kier molecular flexibility index (Phi) is 3.87. The molecule has 0 fully saturated rings. The normalized spacial score (nSPS) is 11.8. The SMILES string of the molecule is Cc1ccc(-c2cncn2CC(F)(F)CN)cc1Cl. The van der Waals surface area contributed by atoms with Gasteiger partial charge in [0.05, 0.1) is 31.3 Å². The van der Waals surface area contributed by atoms with Gasteiger partial charge in [0.1, 0.15) is 0 Å². The zero-order valence-electron chi connectivity index (χ0n) is 10.4. The number of nitrogens with zero attached hydrogens (tertiary/aromatic N) is 2. The molecule has 0 radical (unpaired) electrons. The highest BCUT2D eigenvalue weighted by molar-refractivity contribution is 6.31. The molecular formula is C13H14ClF2N3. The fourth-order valence-electron chi connectivity index (χ4n) is 1.75. The van der Waals surface area contributed by atoms with E-state index >= 15 is 0 Å².